The number of carbonyl (C=O) groups excluding carboxylic acids is 1. The molecule has 0 aliphatic heterocycles. The second-order valence-electron chi connectivity index (χ2n) is 7.42. The minimum atomic E-state index is -4.56. The molecule has 0 bridgehead atoms. The van der Waals surface area contributed by atoms with Crippen LogP contribution in [0.5, 0.6) is 11.5 Å². The molecule has 0 saturated heterocycles. The molecule has 0 radical (unpaired) electrons. The van der Waals surface area contributed by atoms with Gasteiger partial charge < -0.3 is 9.47 Å². The fourth-order valence-electron chi connectivity index (χ4n) is 3.52. The number of carbonyl (C=O) groups is 1. The predicted octanol–water partition coefficient (Wildman–Crippen LogP) is 6.61. The predicted molar refractivity (Wildman–Crippen MR) is 97.9 cm³/mol. The Morgan fingerprint density at radius 2 is 1.64 bits per heavy atom. The molecule has 1 aliphatic carbocycles. The van der Waals surface area contributed by atoms with Crippen molar-refractivity contribution in [3.05, 3.63) is 24.3 Å². The van der Waals surface area contributed by atoms with Gasteiger partial charge in [-0.25, -0.2) is 0 Å². The highest BCUT2D eigenvalue weighted by molar-refractivity contribution is 5.75. The molecule has 0 unspecified atom stereocenters. The second kappa shape index (κ2) is 10.7. The van der Waals surface area contributed by atoms with Crippen molar-refractivity contribution >= 4 is 5.97 Å². The van der Waals surface area contributed by atoms with Crippen LogP contribution in [0.1, 0.15) is 64.7 Å². The first-order valence-corrected chi connectivity index (χ1v) is 9.98. The lowest BCUT2D eigenvalue weighted by Crippen LogP contribution is -2.33. The summed E-state index contributed by atoms with van der Waals surface area (Å²) in [6.07, 6.45) is 1.34. The van der Waals surface area contributed by atoms with E-state index in [1.54, 1.807) is 0 Å². The molecule has 1 saturated carbocycles. The molecule has 0 atom stereocenters. The van der Waals surface area contributed by atoms with Crippen LogP contribution in [0.15, 0.2) is 24.3 Å². The van der Waals surface area contributed by atoms with E-state index in [0.717, 1.165) is 37.8 Å². The summed E-state index contributed by atoms with van der Waals surface area (Å²) in [5, 5.41) is 0. The highest BCUT2D eigenvalue weighted by Crippen LogP contribution is 2.33. The largest absolute Gasteiger partial charge is 0.461 e. The lowest BCUT2D eigenvalue weighted by molar-refractivity contribution is -0.253. The Kier molecular flexibility index (Phi) is 8.58. The third-order valence-electron chi connectivity index (χ3n) is 5.20. The van der Waals surface area contributed by atoms with Crippen molar-refractivity contribution in [1.29, 1.82) is 0 Å². The molecule has 0 amide bonds. The van der Waals surface area contributed by atoms with E-state index < -0.39 is 18.3 Å². The molecule has 0 spiro atoms. The number of hydrogen-bond donors (Lipinski definition) is 0. The number of benzene rings is 1. The molecular weight excluding hydrogens is 376 g/mol. The molecule has 3 nitrogen and oxygen atoms in total. The second-order valence-corrected chi connectivity index (χ2v) is 7.42. The summed E-state index contributed by atoms with van der Waals surface area (Å²) in [4.78, 5) is 12.3. The van der Waals surface area contributed by atoms with Gasteiger partial charge in [-0.1, -0.05) is 39.0 Å². The van der Waals surface area contributed by atoms with Gasteiger partial charge in [0.1, 0.15) is 11.5 Å². The first kappa shape index (κ1) is 22.5. The molecule has 1 aromatic rings. The standard InChI is InChI=1S/C21H28F4O3/c1-2-3-4-5-6-15-7-9-16(10-8-15)19(26)27-17-11-13-18(14-12-17)28-21(24,25)20(22)23/h11-16,20H,2-10H2,1H3. The Labute approximate surface area is 163 Å². The Hall–Kier alpha value is -1.79. The van der Waals surface area contributed by atoms with Crippen LogP contribution in [-0.4, -0.2) is 18.5 Å². The van der Waals surface area contributed by atoms with E-state index in [1.165, 1.54) is 44.2 Å². The van der Waals surface area contributed by atoms with E-state index in [2.05, 4.69) is 11.7 Å². The van der Waals surface area contributed by atoms with Gasteiger partial charge in [-0.2, -0.15) is 17.6 Å². The summed E-state index contributed by atoms with van der Waals surface area (Å²) >= 11 is 0. The van der Waals surface area contributed by atoms with Crippen molar-refractivity contribution < 1.29 is 31.8 Å². The first-order valence-electron chi connectivity index (χ1n) is 9.98. The van der Waals surface area contributed by atoms with Gasteiger partial charge in [0.05, 0.1) is 5.92 Å². The number of rotatable bonds is 10. The van der Waals surface area contributed by atoms with Crippen LogP contribution < -0.4 is 9.47 Å². The summed E-state index contributed by atoms with van der Waals surface area (Å²) in [5.41, 5.74) is 0. The Bertz CT molecular complexity index is 596. The number of hydrogen-bond acceptors (Lipinski definition) is 3. The van der Waals surface area contributed by atoms with Gasteiger partial charge in [-0.15, -0.1) is 0 Å². The fourth-order valence-corrected chi connectivity index (χ4v) is 3.52. The highest BCUT2D eigenvalue weighted by atomic mass is 19.3. The molecule has 0 heterocycles. The molecule has 0 aromatic heterocycles. The smallest absolute Gasteiger partial charge is 0.428 e. The van der Waals surface area contributed by atoms with Gasteiger partial charge in [0, 0.05) is 0 Å². The van der Waals surface area contributed by atoms with Gasteiger partial charge in [0.2, 0.25) is 0 Å². The molecule has 7 heteroatoms. The van der Waals surface area contributed by atoms with Crippen LogP contribution in [0, 0.1) is 11.8 Å². The minimum absolute atomic E-state index is 0.161. The number of alkyl halides is 4. The van der Waals surface area contributed by atoms with E-state index >= 15 is 0 Å². The van der Waals surface area contributed by atoms with Crippen molar-refractivity contribution in [3.8, 4) is 11.5 Å². The maximum absolute atomic E-state index is 12.9. The molecule has 1 aromatic carbocycles. The molecule has 158 valence electrons. The van der Waals surface area contributed by atoms with Gasteiger partial charge in [-0.05, 0) is 55.9 Å². The summed E-state index contributed by atoms with van der Waals surface area (Å²) in [6.45, 7) is 2.19. The maximum Gasteiger partial charge on any atom is 0.461 e. The van der Waals surface area contributed by atoms with Crippen molar-refractivity contribution in [2.45, 2.75) is 77.2 Å². The first-order chi connectivity index (χ1) is 13.3. The molecule has 1 aliphatic rings. The van der Waals surface area contributed by atoms with E-state index in [9.17, 15) is 22.4 Å². The molecular formula is C21H28F4O3. The fraction of sp³-hybridized carbons (Fsp3) is 0.667. The average molecular weight is 404 g/mol. The van der Waals surface area contributed by atoms with E-state index in [1.807, 2.05) is 0 Å². The third kappa shape index (κ3) is 6.99. The van der Waals surface area contributed by atoms with Crippen LogP contribution in [0.2, 0.25) is 0 Å². The summed E-state index contributed by atoms with van der Waals surface area (Å²) in [5.74, 6) is -0.0658. The average Bonchev–Trinajstić information content (AvgIpc) is 2.67. The van der Waals surface area contributed by atoms with Crippen molar-refractivity contribution in [2.75, 3.05) is 0 Å². The van der Waals surface area contributed by atoms with Crippen LogP contribution in [-0.2, 0) is 4.79 Å². The van der Waals surface area contributed by atoms with Crippen molar-refractivity contribution in [2.24, 2.45) is 11.8 Å². The minimum Gasteiger partial charge on any atom is -0.428 e. The quantitative estimate of drug-likeness (QED) is 0.191. The Balaban J connectivity index is 1.76. The van der Waals surface area contributed by atoms with Crippen LogP contribution in [0.3, 0.4) is 0 Å². The third-order valence-corrected chi connectivity index (χ3v) is 5.20. The van der Waals surface area contributed by atoms with Crippen LogP contribution in [0.25, 0.3) is 0 Å². The summed E-state index contributed by atoms with van der Waals surface area (Å²) in [7, 11) is 0. The van der Waals surface area contributed by atoms with Crippen LogP contribution in [0.4, 0.5) is 17.6 Å². The molecule has 1 fully saturated rings. The van der Waals surface area contributed by atoms with Gasteiger partial charge >= 0.3 is 18.5 Å². The lowest BCUT2D eigenvalue weighted by atomic mass is 9.80. The Morgan fingerprint density at radius 1 is 1.04 bits per heavy atom. The molecule has 2 rings (SSSR count). The van der Waals surface area contributed by atoms with Crippen molar-refractivity contribution in [3.63, 3.8) is 0 Å². The van der Waals surface area contributed by atoms with Crippen molar-refractivity contribution in [1.82, 2.24) is 0 Å². The van der Waals surface area contributed by atoms with E-state index in [-0.39, 0.29) is 17.6 Å². The summed E-state index contributed by atoms with van der Waals surface area (Å²) < 4.78 is 59.3. The van der Waals surface area contributed by atoms with Crippen LogP contribution >= 0.6 is 0 Å². The van der Waals surface area contributed by atoms with E-state index in [0.29, 0.717) is 5.92 Å². The normalized spacial score (nSPS) is 20.2. The monoisotopic (exact) mass is 404 g/mol. The summed E-state index contributed by atoms with van der Waals surface area (Å²) in [6, 6.07) is 4.67. The molecule has 0 N–H and O–H groups in total. The van der Waals surface area contributed by atoms with Gasteiger partial charge in [0.15, 0.2) is 0 Å². The topological polar surface area (TPSA) is 35.5 Å². The number of esters is 1. The SMILES string of the molecule is CCCCCCC1CCC(C(=O)Oc2ccc(OC(F)(F)C(F)F)cc2)CC1. The molecule has 28 heavy (non-hydrogen) atoms. The van der Waals surface area contributed by atoms with Gasteiger partial charge in [-0.3, -0.25) is 4.79 Å². The van der Waals surface area contributed by atoms with Gasteiger partial charge in [0.25, 0.3) is 0 Å². The van der Waals surface area contributed by atoms with E-state index in [4.69, 9.17) is 4.74 Å². The number of halogens is 4. The highest BCUT2D eigenvalue weighted by Gasteiger charge is 2.43. The number of unbranched alkanes of at least 4 members (excludes halogenated alkanes) is 3. The Morgan fingerprint density at radius 3 is 2.21 bits per heavy atom. The zero-order valence-corrected chi connectivity index (χ0v) is 16.1. The zero-order chi connectivity index (χ0) is 20.6. The maximum atomic E-state index is 12.9. The zero-order valence-electron chi connectivity index (χ0n) is 16.1. The lowest BCUT2D eigenvalue weighted by Gasteiger charge is -2.27. The number of ether oxygens (including phenoxy) is 2.